The molecule has 1 aromatic carbocycles. The summed E-state index contributed by atoms with van der Waals surface area (Å²) >= 11 is 9.93. The van der Waals surface area contributed by atoms with Crippen LogP contribution in [0.25, 0.3) is 0 Å². The molecule has 0 aliphatic rings. The Morgan fingerprint density at radius 1 is 1.58 bits per heavy atom. The van der Waals surface area contributed by atoms with Crippen molar-refractivity contribution in [1.82, 2.24) is 0 Å². The van der Waals surface area contributed by atoms with Crippen molar-refractivity contribution >= 4 is 30.0 Å². The third-order valence-electron chi connectivity index (χ3n) is 1.47. The summed E-state index contributed by atoms with van der Waals surface area (Å²) in [5, 5.41) is 0.595. The van der Waals surface area contributed by atoms with Crippen molar-refractivity contribution in [2.75, 3.05) is 0 Å². The quantitative estimate of drug-likeness (QED) is 0.727. The summed E-state index contributed by atoms with van der Waals surface area (Å²) in [7, 11) is 0. The molecule has 0 aromatic heterocycles. The van der Waals surface area contributed by atoms with Crippen LogP contribution in [0.2, 0.25) is 5.02 Å². The minimum Gasteiger partial charge on any atom is -0.300 e. The predicted molar refractivity (Wildman–Crippen MR) is 53.1 cm³/mol. The summed E-state index contributed by atoms with van der Waals surface area (Å²) in [5.74, 6) is 0.137. The molecule has 0 saturated carbocycles. The summed E-state index contributed by atoms with van der Waals surface area (Å²) in [4.78, 5) is 11.5. The van der Waals surface area contributed by atoms with Crippen LogP contribution in [0.4, 0.5) is 0 Å². The molecule has 0 saturated heterocycles. The molecule has 64 valence electrons. The zero-order valence-corrected chi connectivity index (χ0v) is 8.32. The van der Waals surface area contributed by atoms with Crippen molar-refractivity contribution in [3.05, 3.63) is 28.8 Å². The molecule has 1 aromatic rings. The fourth-order valence-electron chi connectivity index (χ4n) is 0.948. The molecule has 0 aliphatic carbocycles. The molecule has 0 fully saturated rings. The van der Waals surface area contributed by atoms with E-state index in [0.717, 1.165) is 10.5 Å². The Kier molecular flexibility index (Phi) is 3.18. The van der Waals surface area contributed by atoms with Crippen molar-refractivity contribution in [2.45, 2.75) is 18.2 Å². The van der Waals surface area contributed by atoms with E-state index in [1.807, 2.05) is 6.07 Å². The first-order valence-electron chi connectivity index (χ1n) is 3.56. The van der Waals surface area contributed by atoms with Gasteiger partial charge in [-0.3, -0.25) is 4.79 Å². The van der Waals surface area contributed by atoms with E-state index in [-0.39, 0.29) is 5.78 Å². The van der Waals surface area contributed by atoms with Crippen molar-refractivity contribution in [2.24, 2.45) is 0 Å². The Labute approximate surface area is 82.1 Å². The minimum atomic E-state index is 0.137. The van der Waals surface area contributed by atoms with Crippen LogP contribution in [0.3, 0.4) is 0 Å². The van der Waals surface area contributed by atoms with Gasteiger partial charge in [-0.15, -0.1) is 12.6 Å². The van der Waals surface area contributed by atoms with Gasteiger partial charge in [-0.1, -0.05) is 17.7 Å². The van der Waals surface area contributed by atoms with Gasteiger partial charge in [-0.2, -0.15) is 0 Å². The maximum absolute atomic E-state index is 10.7. The van der Waals surface area contributed by atoms with E-state index in [1.165, 1.54) is 0 Å². The highest BCUT2D eigenvalue weighted by Gasteiger charge is 2.00. The van der Waals surface area contributed by atoms with E-state index in [4.69, 9.17) is 11.6 Å². The lowest BCUT2D eigenvalue weighted by Gasteiger charge is -2.00. The summed E-state index contributed by atoms with van der Waals surface area (Å²) in [5.41, 5.74) is 0.935. The molecule has 0 aliphatic heterocycles. The number of Topliss-reactive ketones (excluding diaryl/α,β-unsaturated/α-hetero) is 1. The van der Waals surface area contributed by atoms with Crippen LogP contribution in [-0.4, -0.2) is 5.78 Å². The number of rotatable bonds is 2. The Hall–Kier alpha value is -0.470. The van der Waals surface area contributed by atoms with Gasteiger partial charge in [0.05, 0.1) is 5.02 Å². The number of ketones is 1. The van der Waals surface area contributed by atoms with Crippen LogP contribution in [0, 0.1) is 0 Å². The largest absolute Gasteiger partial charge is 0.300 e. The molecule has 3 heteroatoms. The van der Waals surface area contributed by atoms with E-state index in [1.54, 1.807) is 19.1 Å². The molecule has 12 heavy (non-hydrogen) atoms. The van der Waals surface area contributed by atoms with Gasteiger partial charge in [0.25, 0.3) is 0 Å². The summed E-state index contributed by atoms with van der Waals surface area (Å²) in [6.45, 7) is 1.56. The van der Waals surface area contributed by atoms with Crippen molar-refractivity contribution in [3.8, 4) is 0 Å². The molecular weight excluding hydrogens is 192 g/mol. The maximum Gasteiger partial charge on any atom is 0.134 e. The van der Waals surface area contributed by atoms with Gasteiger partial charge in [0.2, 0.25) is 0 Å². The zero-order valence-electron chi connectivity index (χ0n) is 6.67. The first-order valence-corrected chi connectivity index (χ1v) is 4.39. The van der Waals surface area contributed by atoms with E-state index in [2.05, 4.69) is 12.6 Å². The molecule has 0 heterocycles. The number of halogens is 1. The average Bonchev–Trinajstić information content (AvgIpc) is 1.96. The van der Waals surface area contributed by atoms with Gasteiger partial charge in [0.1, 0.15) is 5.78 Å². The van der Waals surface area contributed by atoms with Crippen LogP contribution in [0.5, 0.6) is 0 Å². The fourth-order valence-corrected chi connectivity index (χ4v) is 1.29. The van der Waals surface area contributed by atoms with Crippen LogP contribution in [-0.2, 0) is 11.2 Å². The number of hydrogen-bond donors (Lipinski definition) is 1. The molecule has 0 radical (unpaired) electrons. The first-order chi connectivity index (χ1) is 5.59. The summed E-state index contributed by atoms with van der Waals surface area (Å²) in [6.07, 6.45) is 0.438. The monoisotopic (exact) mass is 200 g/mol. The second-order valence-electron chi connectivity index (χ2n) is 2.66. The second-order valence-corrected chi connectivity index (χ2v) is 3.55. The molecule has 0 amide bonds. The van der Waals surface area contributed by atoms with Crippen molar-refractivity contribution in [1.29, 1.82) is 0 Å². The number of benzene rings is 1. The van der Waals surface area contributed by atoms with Gasteiger partial charge in [-0.25, -0.2) is 0 Å². The Balaban J connectivity index is 2.89. The van der Waals surface area contributed by atoms with Crippen molar-refractivity contribution < 1.29 is 4.79 Å². The molecule has 0 N–H and O–H groups in total. The van der Waals surface area contributed by atoms with Gasteiger partial charge in [0.15, 0.2) is 0 Å². The molecule has 1 nitrogen and oxygen atoms in total. The number of thiol groups is 1. The molecule has 0 bridgehead atoms. The lowest BCUT2D eigenvalue weighted by molar-refractivity contribution is -0.116. The Morgan fingerprint density at radius 3 is 2.75 bits per heavy atom. The van der Waals surface area contributed by atoms with E-state index >= 15 is 0 Å². The predicted octanol–water partition coefficient (Wildman–Crippen LogP) is 2.76. The lowest BCUT2D eigenvalue weighted by atomic mass is 10.1. The van der Waals surface area contributed by atoms with Crippen LogP contribution in [0.15, 0.2) is 23.1 Å². The highest BCUT2D eigenvalue weighted by Crippen LogP contribution is 2.21. The van der Waals surface area contributed by atoms with E-state index < -0.39 is 0 Å². The molecular formula is C9H9ClOS. The summed E-state index contributed by atoms with van der Waals surface area (Å²) < 4.78 is 0. The highest BCUT2D eigenvalue weighted by molar-refractivity contribution is 7.80. The Bertz CT molecular complexity index is 309. The maximum atomic E-state index is 10.7. The Morgan fingerprint density at radius 2 is 2.25 bits per heavy atom. The van der Waals surface area contributed by atoms with Crippen molar-refractivity contribution in [3.63, 3.8) is 0 Å². The average molecular weight is 201 g/mol. The van der Waals surface area contributed by atoms with Gasteiger partial charge in [0, 0.05) is 11.3 Å². The van der Waals surface area contributed by atoms with E-state index in [9.17, 15) is 4.79 Å². The lowest BCUT2D eigenvalue weighted by Crippen LogP contribution is -1.95. The summed E-state index contributed by atoms with van der Waals surface area (Å²) in [6, 6.07) is 5.42. The van der Waals surface area contributed by atoms with Crippen LogP contribution >= 0.6 is 24.2 Å². The molecule has 0 atom stereocenters. The minimum absolute atomic E-state index is 0.137. The third kappa shape index (κ3) is 2.54. The first kappa shape index (κ1) is 9.62. The van der Waals surface area contributed by atoms with Gasteiger partial charge < -0.3 is 0 Å². The zero-order chi connectivity index (χ0) is 9.14. The number of carbonyl (C=O) groups is 1. The van der Waals surface area contributed by atoms with Gasteiger partial charge in [-0.05, 0) is 24.6 Å². The third-order valence-corrected chi connectivity index (χ3v) is 2.30. The van der Waals surface area contributed by atoms with Crippen LogP contribution in [0.1, 0.15) is 12.5 Å². The number of hydrogen-bond acceptors (Lipinski definition) is 2. The molecule has 0 unspecified atom stereocenters. The van der Waals surface area contributed by atoms with E-state index in [0.29, 0.717) is 11.4 Å². The fraction of sp³-hybridized carbons (Fsp3) is 0.222. The SMILES string of the molecule is CC(=O)Cc1ccc(S)c(Cl)c1. The second kappa shape index (κ2) is 3.97. The molecule has 1 rings (SSSR count). The number of carbonyl (C=O) groups excluding carboxylic acids is 1. The highest BCUT2D eigenvalue weighted by atomic mass is 35.5. The standard InChI is InChI=1S/C9H9ClOS/c1-6(11)4-7-2-3-9(12)8(10)5-7/h2-3,5,12H,4H2,1H3. The smallest absolute Gasteiger partial charge is 0.134 e. The van der Waals surface area contributed by atoms with Crippen LogP contribution < -0.4 is 0 Å². The van der Waals surface area contributed by atoms with Gasteiger partial charge >= 0.3 is 0 Å². The topological polar surface area (TPSA) is 17.1 Å². The molecule has 0 spiro atoms. The normalized spacial score (nSPS) is 9.92.